The van der Waals surface area contributed by atoms with Crippen molar-refractivity contribution in [1.29, 1.82) is 0 Å². The molecule has 1 nitrogen and oxygen atoms in total. The number of nitrogens with two attached hydrogens (primary N) is 1. The summed E-state index contributed by atoms with van der Waals surface area (Å²) in [6, 6.07) is 6.37. The lowest BCUT2D eigenvalue weighted by Gasteiger charge is -2.20. The summed E-state index contributed by atoms with van der Waals surface area (Å²) in [7, 11) is 0. The molecule has 1 aromatic rings. The molecule has 14 heavy (non-hydrogen) atoms. The smallest absolute Gasteiger partial charge is 0.0440 e. The molecule has 3 unspecified atom stereocenters. The molecule has 0 bridgehead atoms. The molecular formula is C12H16ClN. The third kappa shape index (κ3) is 1.45. The second-order valence-corrected chi connectivity index (χ2v) is 4.78. The zero-order valence-corrected chi connectivity index (χ0v) is 9.38. The lowest BCUT2D eigenvalue weighted by Crippen LogP contribution is -2.26. The molecule has 3 atom stereocenters. The van der Waals surface area contributed by atoms with E-state index in [9.17, 15) is 0 Å². The maximum Gasteiger partial charge on any atom is 0.0440 e. The number of fused-ring (bicyclic) bond motifs is 1. The van der Waals surface area contributed by atoms with Crippen molar-refractivity contribution in [2.24, 2.45) is 11.7 Å². The van der Waals surface area contributed by atoms with Crippen LogP contribution in [0.2, 0.25) is 5.02 Å². The van der Waals surface area contributed by atoms with Gasteiger partial charge in [-0.2, -0.15) is 0 Å². The van der Waals surface area contributed by atoms with Gasteiger partial charge in [-0.05, 0) is 36.5 Å². The molecule has 0 aromatic heterocycles. The van der Waals surface area contributed by atoms with E-state index in [-0.39, 0.29) is 6.04 Å². The first-order chi connectivity index (χ1) is 6.61. The van der Waals surface area contributed by atoms with Crippen LogP contribution in [0, 0.1) is 5.92 Å². The van der Waals surface area contributed by atoms with Crippen LogP contribution in [0.1, 0.15) is 30.9 Å². The molecule has 1 aromatic carbocycles. The molecule has 0 radical (unpaired) electrons. The Labute approximate surface area is 90.3 Å². The molecule has 0 aliphatic heterocycles. The van der Waals surface area contributed by atoms with E-state index in [1.807, 2.05) is 12.1 Å². The van der Waals surface area contributed by atoms with Gasteiger partial charge < -0.3 is 5.73 Å². The van der Waals surface area contributed by atoms with E-state index in [4.69, 9.17) is 17.3 Å². The van der Waals surface area contributed by atoms with Gasteiger partial charge in [-0.3, -0.25) is 0 Å². The van der Waals surface area contributed by atoms with Crippen molar-refractivity contribution in [3.8, 4) is 0 Å². The Morgan fingerprint density at radius 1 is 1.50 bits per heavy atom. The number of hydrogen-bond donors (Lipinski definition) is 1. The van der Waals surface area contributed by atoms with Gasteiger partial charge in [0.05, 0.1) is 0 Å². The Balaban J connectivity index is 2.47. The summed E-state index contributed by atoms with van der Waals surface area (Å²) in [4.78, 5) is 0. The Morgan fingerprint density at radius 3 is 2.86 bits per heavy atom. The Bertz CT molecular complexity index is 346. The summed E-state index contributed by atoms with van der Waals surface area (Å²) in [5.41, 5.74) is 8.68. The van der Waals surface area contributed by atoms with Crippen LogP contribution in [0.25, 0.3) is 0 Å². The summed E-state index contributed by atoms with van der Waals surface area (Å²) in [6.45, 7) is 4.33. The van der Waals surface area contributed by atoms with Gasteiger partial charge >= 0.3 is 0 Å². The molecule has 2 N–H and O–H groups in total. The molecule has 0 heterocycles. The molecule has 1 aliphatic rings. The highest BCUT2D eigenvalue weighted by molar-refractivity contribution is 6.31. The van der Waals surface area contributed by atoms with E-state index < -0.39 is 0 Å². The molecule has 0 saturated carbocycles. The summed E-state index contributed by atoms with van der Waals surface area (Å²) < 4.78 is 0. The number of halogens is 1. The van der Waals surface area contributed by atoms with Gasteiger partial charge in [0.1, 0.15) is 0 Å². The van der Waals surface area contributed by atoms with Gasteiger partial charge in [0.25, 0.3) is 0 Å². The zero-order valence-electron chi connectivity index (χ0n) is 8.63. The molecule has 0 amide bonds. The number of benzene rings is 1. The average molecular weight is 210 g/mol. The molecule has 0 spiro atoms. The highest BCUT2D eigenvalue weighted by Gasteiger charge is 2.32. The quantitative estimate of drug-likeness (QED) is 0.756. The van der Waals surface area contributed by atoms with Crippen molar-refractivity contribution >= 4 is 11.6 Å². The van der Waals surface area contributed by atoms with Gasteiger partial charge in [0.15, 0.2) is 0 Å². The fraction of sp³-hybridized carbons (Fsp3) is 0.500. The van der Waals surface area contributed by atoms with Gasteiger partial charge in [-0.1, -0.05) is 30.7 Å². The minimum atomic E-state index is 0.213. The predicted octanol–water partition coefficient (Wildman–Crippen LogP) is 2.96. The molecule has 76 valence electrons. The minimum absolute atomic E-state index is 0.213. The van der Waals surface area contributed by atoms with Crippen LogP contribution in [-0.2, 0) is 6.42 Å². The average Bonchev–Trinajstić information content (AvgIpc) is 2.42. The van der Waals surface area contributed by atoms with Crippen LogP contribution in [0.15, 0.2) is 18.2 Å². The van der Waals surface area contributed by atoms with E-state index in [1.54, 1.807) is 0 Å². The van der Waals surface area contributed by atoms with E-state index in [1.165, 1.54) is 11.1 Å². The van der Waals surface area contributed by atoms with Crippen LogP contribution in [0.4, 0.5) is 0 Å². The molecule has 2 rings (SSSR count). The summed E-state index contributed by atoms with van der Waals surface area (Å²) >= 11 is 6.16. The SMILES string of the molecule is CC(N)C1c2cccc(Cl)c2CC1C. The zero-order chi connectivity index (χ0) is 10.3. The number of rotatable bonds is 1. The monoisotopic (exact) mass is 209 g/mol. The van der Waals surface area contributed by atoms with Crippen molar-refractivity contribution in [2.45, 2.75) is 32.2 Å². The summed E-state index contributed by atoms with van der Waals surface area (Å²) in [5.74, 6) is 1.09. The molecule has 0 saturated heterocycles. The van der Waals surface area contributed by atoms with Crippen LogP contribution < -0.4 is 5.73 Å². The van der Waals surface area contributed by atoms with Crippen molar-refractivity contribution in [3.05, 3.63) is 34.3 Å². The van der Waals surface area contributed by atoms with E-state index in [0.717, 1.165) is 11.4 Å². The highest BCUT2D eigenvalue weighted by Crippen LogP contribution is 2.41. The normalized spacial score (nSPS) is 27.4. The molecule has 2 heteroatoms. The van der Waals surface area contributed by atoms with Crippen molar-refractivity contribution in [3.63, 3.8) is 0 Å². The van der Waals surface area contributed by atoms with E-state index >= 15 is 0 Å². The molecule has 1 aliphatic carbocycles. The maximum absolute atomic E-state index is 6.16. The van der Waals surface area contributed by atoms with Gasteiger partial charge in [0, 0.05) is 17.0 Å². The summed E-state index contributed by atoms with van der Waals surface area (Å²) in [5, 5.41) is 0.900. The third-order valence-electron chi connectivity index (χ3n) is 3.22. The Morgan fingerprint density at radius 2 is 2.21 bits per heavy atom. The largest absolute Gasteiger partial charge is 0.327 e. The maximum atomic E-state index is 6.16. The van der Waals surface area contributed by atoms with Crippen LogP contribution in [0.3, 0.4) is 0 Å². The Hall–Kier alpha value is -0.530. The first-order valence-corrected chi connectivity index (χ1v) is 5.52. The van der Waals surface area contributed by atoms with Crippen molar-refractivity contribution < 1.29 is 0 Å². The second-order valence-electron chi connectivity index (χ2n) is 4.37. The lowest BCUT2D eigenvalue weighted by atomic mass is 9.88. The van der Waals surface area contributed by atoms with Gasteiger partial charge in [-0.25, -0.2) is 0 Å². The minimum Gasteiger partial charge on any atom is -0.327 e. The van der Waals surface area contributed by atoms with Crippen molar-refractivity contribution in [2.75, 3.05) is 0 Å². The van der Waals surface area contributed by atoms with Crippen molar-refractivity contribution in [1.82, 2.24) is 0 Å². The topological polar surface area (TPSA) is 26.0 Å². The first kappa shape index (κ1) is 10.0. The van der Waals surface area contributed by atoms with Crippen LogP contribution >= 0.6 is 11.6 Å². The molecule has 0 fully saturated rings. The molecular weight excluding hydrogens is 194 g/mol. The van der Waals surface area contributed by atoms with Crippen LogP contribution in [0.5, 0.6) is 0 Å². The summed E-state index contributed by atoms with van der Waals surface area (Å²) in [6.07, 6.45) is 1.07. The lowest BCUT2D eigenvalue weighted by molar-refractivity contribution is 0.439. The second kappa shape index (κ2) is 3.56. The first-order valence-electron chi connectivity index (χ1n) is 5.14. The fourth-order valence-electron chi connectivity index (χ4n) is 2.66. The fourth-order valence-corrected chi connectivity index (χ4v) is 2.92. The third-order valence-corrected chi connectivity index (χ3v) is 3.57. The Kier molecular flexibility index (Phi) is 2.54. The van der Waals surface area contributed by atoms with Gasteiger partial charge in [-0.15, -0.1) is 0 Å². The standard InChI is InChI=1S/C12H16ClN/c1-7-6-10-9(12(7)8(2)14)4-3-5-11(10)13/h3-5,7-8,12H,6,14H2,1-2H3. The van der Waals surface area contributed by atoms with E-state index in [2.05, 4.69) is 19.9 Å². The predicted molar refractivity (Wildman–Crippen MR) is 60.7 cm³/mol. The van der Waals surface area contributed by atoms with E-state index in [0.29, 0.717) is 11.8 Å². The van der Waals surface area contributed by atoms with Crippen LogP contribution in [-0.4, -0.2) is 6.04 Å². The van der Waals surface area contributed by atoms with Gasteiger partial charge in [0.2, 0.25) is 0 Å². The highest BCUT2D eigenvalue weighted by atomic mass is 35.5. The number of hydrogen-bond acceptors (Lipinski definition) is 1.